The summed E-state index contributed by atoms with van der Waals surface area (Å²) in [5, 5.41) is 3.25. The lowest BCUT2D eigenvalue weighted by Gasteiger charge is -2.31. The number of hydrogen-bond acceptors (Lipinski definition) is 3. The van der Waals surface area contributed by atoms with Crippen molar-refractivity contribution in [3.8, 4) is 0 Å². The van der Waals surface area contributed by atoms with Crippen LogP contribution in [0.5, 0.6) is 0 Å². The van der Waals surface area contributed by atoms with Crippen LogP contribution in [0.25, 0.3) is 0 Å². The quantitative estimate of drug-likeness (QED) is 0.856. The molecule has 1 saturated carbocycles. The van der Waals surface area contributed by atoms with E-state index in [1.165, 1.54) is 12.8 Å². The number of nitrogens with one attached hydrogen (secondary N) is 1. The SMILES string of the molecule is CC1CCC(NC(=O)C(C)N2CCCN(C(=O)C(C)C)CC2)CC1. The summed E-state index contributed by atoms with van der Waals surface area (Å²) in [6.07, 6.45) is 5.59. The minimum absolute atomic E-state index is 0.0472. The first-order valence-electron chi connectivity index (χ1n) is 9.71. The molecule has 0 aromatic heterocycles. The van der Waals surface area contributed by atoms with Crippen LogP contribution in [0.2, 0.25) is 0 Å². The Bertz CT molecular complexity index is 430. The van der Waals surface area contributed by atoms with Crippen LogP contribution < -0.4 is 5.32 Å². The Balaban J connectivity index is 1.82. The molecule has 0 aromatic carbocycles. The van der Waals surface area contributed by atoms with E-state index in [0.717, 1.165) is 51.4 Å². The molecule has 5 heteroatoms. The highest BCUT2D eigenvalue weighted by atomic mass is 16.2. The minimum Gasteiger partial charge on any atom is -0.352 e. The molecule has 0 aromatic rings. The van der Waals surface area contributed by atoms with Crippen molar-refractivity contribution in [2.24, 2.45) is 11.8 Å². The lowest BCUT2D eigenvalue weighted by Crippen LogP contribution is -2.50. The maximum Gasteiger partial charge on any atom is 0.237 e. The van der Waals surface area contributed by atoms with E-state index in [2.05, 4.69) is 17.1 Å². The van der Waals surface area contributed by atoms with Crippen molar-refractivity contribution in [1.29, 1.82) is 0 Å². The first kappa shape index (κ1) is 19.2. The van der Waals surface area contributed by atoms with E-state index >= 15 is 0 Å². The van der Waals surface area contributed by atoms with Gasteiger partial charge < -0.3 is 10.2 Å². The Morgan fingerprint density at radius 2 is 1.62 bits per heavy atom. The molecule has 0 radical (unpaired) electrons. The highest BCUT2D eigenvalue weighted by Crippen LogP contribution is 2.23. The van der Waals surface area contributed by atoms with Crippen LogP contribution in [0, 0.1) is 11.8 Å². The molecule has 138 valence electrons. The molecule has 1 aliphatic heterocycles. The average molecular weight is 338 g/mol. The molecule has 5 nitrogen and oxygen atoms in total. The van der Waals surface area contributed by atoms with Crippen LogP contribution in [-0.2, 0) is 9.59 Å². The fourth-order valence-electron chi connectivity index (χ4n) is 3.80. The van der Waals surface area contributed by atoms with E-state index in [0.29, 0.717) is 6.04 Å². The largest absolute Gasteiger partial charge is 0.352 e. The number of nitrogens with zero attached hydrogens (tertiary/aromatic N) is 2. The van der Waals surface area contributed by atoms with E-state index < -0.39 is 0 Å². The monoisotopic (exact) mass is 337 g/mol. The van der Waals surface area contributed by atoms with E-state index in [1.54, 1.807) is 0 Å². The topological polar surface area (TPSA) is 52.7 Å². The van der Waals surface area contributed by atoms with Gasteiger partial charge in [-0.2, -0.15) is 0 Å². The van der Waals surface area contributed by atoms with E-state index in [-0.39, 0.29) is 23.8 Å². The number of carbonyl (C=O) groups is 2. The Morgan fingerprint density at radius 1 is 0.958 bits per heavy atom. The molecule has 1 atom stereocenters. The van der Waals surface area contributed by atoms with Gasteiger partial charge in [-0.1, -0.05) is 20.8 Å². The molecule has 0 spiro atoms. The number of hydrogen-bond donors (Lipinski definition) is 1. The zero-order valence-corrected chi connectivity index (χ0v) is 15.9. The molecule has 1 N–H and O–H groups in total. The summed E-state index contributed by atoms with van der Waals surface area (Å²) in [6.45, 7) is 11.4. The zero-order chi connectivity index (χ0) is 17.7. The third-order valence-corrected chi connectivity index (χ3v) is 5.63. The minimum atomic E-state index is -0.113. The van der Waals surface area contributed by atoms with Gasteiger partial charge in [0.15, 0.2) is 0 Å². The Labute approximate surface area is 147 Å². The Kier molecular flexibility index (Phi) is 7.08. The van der Waals surface area contributed by atoms with E-state index in [4.69, 9.17) is 0 Å². The Morgan fingerprint density at radius 3 is 2.25 bits per heavy atom. The molecule has 0 bridgehead atoms. The molecule has 2 aliphatic rings. The fourth-order valence-corrected chi connectivity index (χ4v) is 3.80. The summed E-state index contributed by atoms with van der Waals surface area (Å²) in [5.74, 6) is 1.22. The average Bonchev–Trinajstić information content (AvgIpc) is 2.81. The van der Waals surface area contributed by atoms with Crippen molar-refractivity contribution >= 4 is 11.8 Å². The van der Waals surface area contributed by atoms with Crippen molar-refractivity contribution in [3.63, 3.8) is 0 Å². The Hall–Kier alpha value is -1.10. The van der Waals surface area contributed by atoms with Gasteiger partial charge in [-0.3, -0.25) is 14.5 Å². The lowest BCUT2D eigenvalue weighted by atomic mass is 9.87. The van der Waals surface area contributed by atoms with Crippen molar-refractivity contribution in [3.05, 3.63) is 0 Å². The van der Waals surface area contributed by atoms with Crippen LogP contribution >= 0.6 is 0 Å². The predicted octanol–water partition coefficient (Wildman–Crippen LogP) is 2.26. The second-order valence-corrected chi connectivity index (χ2v) is 8.01. The predicted molar refractivity (Wildman–Crippen MR) is 96.6 cm³/mol. The van der Waals surface area contributed by atoms with Gasteiger partial charge in [-0.25, -0.2) is 0 Å². The molecule has 2 amide bonds. The number of carbonyl (C=O) groups excluding carboxylic acids is 2. The third kappa shape index (κ3) is 5.20. The molecule has 1 heterocycles. The molecule has 2 rings (SSSR count). The summed E-state index contributed by atoms with van der Waals surface area (Å²) in [6, 6.07) is 0.237. The van der Waals surface area contributed by atoms with Crippen LogP contribution in [0.4, 0.5) is 0 Å². The van der Waals surface area contributed by atoms with Gasteiger partial charge in [-0.15, -0.1) is 0 Å². The summed E-state index contributed by atoms with van der Waals surface area (Å²) in [5.41, 5.74) is 0. The van der Waals surface area contributed by atoms with Gasteiger partial charge in [0.05, 0.1) is 6.04 Å². The van der Waals surface area contributed by atoms with Crippen molar-refractivity contribution in [1.82, 2.24) is 15.1 Å². The number of rotatable bonds is 4. The molecule has 1 saturated heterocycles. The lowest BCUT2D eigenvalue weighted by molar-refractivity contribution is -0.134. The van der Waals surface area contributed by atoms with Gasteiger partial charge in [0.25, 0.3) is 0 Å². The van der Waals surface area contributed by atoms with Gasteiger partial charge in [0.2, 0.25) is 11.8 Å². The standard InChI is InChI=1S/C19H35N3O2/c1-14(2)19(24)22-11-5-10-21(12-13-22)16(4)18(23)20-17-8-6-15(3)7-9-17/h14-17H,5-13H2,1-4H3,(H,20,23). The third-order valence-electron chi connectivity index (χ3n) is 5.63. The first-order chi connectivity index (χ1) is 11.4. The van der Waals surface area contributed by atoms with Crippen molar-refractivity contribution in [2.75, 3.05) is 26.2 Å². The number of amides is 2. The van der Waals surface area contributed by atoms with Crippen LogP contribution in [0.1, 0.15) is 59.8 Å². The van der Waals surface area contributed by atoms with Crippen LogP contribution in [-0.4, -0.2) is 59.9 Å². The second kappa shape index (κ2) is 8.84. The van der Waals surface area contributed by atoms with Crippen molar-refractivity contribution in [2.45, 2.75) is 71.9 Å². The second-order valence-electron chi connectivity index (χ2n) is 8.01. The highest BCUT2D eigenvalue weighted by molar-refractivity contribution is 5.81. The molecule has 1 unspecified atom stereocenters. The smallest absolute Gasteiger partial charge is 0.237 e. The summed E-state index contributed by atoms with van der Waals surface area (Å²) >= 11 is 0. The van der Waals surface area contributed by atoms with Gasteiger partial charge in [0, 0.05) is 38.1 Å². The van der Waals surface area contributed by atoms with Crippen LogP contribution in [0.3, 0.4) is 0 Å². The summed E-state index contributed by atoms with van der Waals surface area (Å²) in [4.78, 5) is 29.0. The van der Waals surface area contributed by atoms with Crippen LogP contribution in [0.15, 0.2) is 0 Å². The molecule has 1 aliphatic carbocycles. The maximum atomic E-state index is 12.6. The summed E-state index contributed by atoms with van der Waals surface area (Å²) < 4.78 is 0. The van der Waals surface area contributed by atoms with E-state index in [1.807, 2.05) is 25.7 Å². The van der Waals surface area contributed by atoms with Gasteiger partial charge >= 0.3 is 0 Å². The van der Waals surface area contributed by atoms with Gasteiger partial charge in [0.1, 0.15) is 0 Å². The highest BCUT2D eigenvalue weighted by Gasteiger charge is 2.28. The normalized spacial score (nSPS) is 27.6. The maximum absolute atomic E-state index is 12.6. The molecule has 24 heavy (non-hydrogen) atoms. The molecule has 2 fully saturated rings. The van der Waals surface area contributed by atoms with Gasteiger partial charge in [-0.05, 0) is 44.9 Å². The fraction of sp³-hybridized carbons (Fsp3) is 0.895. The first-order valence-corrected chi connectivity index (χ1v) is 9.71. The van der Waals surface area contributed by atoms with Crippen molar-refractivity contribution < 1.29 is 9.59 Å². The summed E-state index contributed by atoms with van der Waals surface area (Å²) in [7, 11) is 0. The zero-order valence-electron chi connectivity index (χ0n) is 15.9. The molecular weight excluding hydrogens is 302 g/mol. The molecular formula is C19H35N3O2. The van der Waals surface area contributed by atoms with E-state index in [9.17, 15) is 9.59 Å².